The van der Waals surface area contributed by atoms with Crippen molar-refractivity contribution in [2.45, 2.75) is 12.5 Å². The first-order chi connectivity index (χ1) is 10.6. The average molecular weight is 296 g/mol. The summed E-state index contributed by atoms with van der Waals surface area (Å²) in [6.45, 7) is 0.674. The van der Waals surface area contributed by atoms with Gasteiger partial charge in [0.25, 0.3) is 0 Å². The van der Waals surface area contributed by atoms with Crippen LogP contribution in [0.5, 0.6) is 0 Å². The standard InChI is InChI=1S/C17H16N2O3/c20-16-15(10-11-19(16)14-4-2-1-3-5-14)18-13-8-6-12(7-9-13)17(21)22/h1-9,15,18H,10-11H2,(H,21,22). The highest BCUT2D eigenvalue weighted by Crippen LogP contribution is 2.23. The number of carboxylic acids is 1. The summed E-state index contributed by atoms with van der Waals surface area (Å²) in [5, 5.41) is 12.1. The van der Waals surface area contributed by atoms with Crippen LogP contribution in [0, 0.1) is 0 Å². The molecule has 5 heteroatoms. The summed E-state index contributed by atoms with van der Waals surface area (Å²) in [7, 11) is 0. The van der Waals surface area contributed by atoms with Gasteiger partial charge in [-0.25, -0.2) is 4.79 Å². The lowest BCUT2D eigenvalue weighted by molar-refractivity contribution is -0.117. The van der Waals surface area contributed by atoms with Gasteiger partial charge < -0.3 is 15.3 Å². The summed E-state index contributed by atoms with van der Waals surface area (Å²) in [6, 6.07) is 15.7. The third-order valence-electron chi connectivity index (χ3n) is 3.75. The molecule has 3 rings (SSSR count). The fourth-order valence-corrected chi connectivity index (χ4v) is 2.59. The lowest BCUT2D eigenvalue weighted by Crippen LogP contribution is -2.33. The molecule has 1 atom stereocenters. The maximum Gasteiger partial charge on any atom is 0.335 e. The van der Waals surface area contributed by atoms with Crippen molar-refractivity contribution in [3.8, 4) is 0 Å². The van der Waals surface area contributed by atoms with Gasteiger partial charge in [-0.1, -0.05) is 18.2 Å². The van der Waals surface area contributed by atoms with Crippen molar-refractivity contribution in [3.05, 3.63) is 60.2 Å². The van der Waals surface area contributed by atoms with Gasteiger partial charge in [-0.15, -0.1) is 0 Å². The molecule has 1 heterocycles. The molecule has 2 N–H and O–H groups in total. The molecular formula is C17H16N2O3. The van der Waals surface area contributed by atoms with Crippen LogP contribution in [-0.4, -0.2) is 29.6 Å². The largest absolute Gasteiger partial charge is 0.478 e. The second-order valence-corrected chi connectivity index (χ2v) is 5.19. The predicted molar refractivity (Wildman–Crippen MR) is 84.2 cm³/mol. The normalized spacial score (nSPS) is 17.5. The minimum atomic E-state index is -0.959. The smallest absolute Gasteiger partial charge is 0.335 e. The first-order valence-electron chi connectivity index (χ1n) is 7.11. The van der Waals surface area contributed by atoms with Crippen LogP contribution < -0.4 is 10.2 Å². The third kappa shape index (κ3) is 2.79. The third-order valence-corrected chi connectivity index (χ3v) is 3.75. The summed E-state index contributed by atoms with van der Waals surface area (Å²) in [4.78, 5) is 25.0. The number of aromatic carboxylic acids is 1. The van der Waals surface area contributed by atoms with Crippen molar-refractivity contribution < 1.29 is 14.7 Å². The number of nitrogens with zero attached hydrogens (tertiary/aromatic N) is 1. The zero-order chi connectivity index (χ0) is 15.5. The molecule has 1 aliphatic heterocycles. The number of para-hydroxylation sites is 1. The molecule has 0 radical (unpaired) electrons. The molecular weight excluding hydrogens is 280 g/mol. The van der Waals surface area contributed by atoms with E-state index in [2.05, 4.69) is 5.32 Å². The van der Waals surface area contributed by atoms with Gasteiger partial charge in [0.1, 0.15) is 6.04 Å². The van der Waals surface area contributed by atoms with E-state index in [1.54, 1.807) is 17.0 Å². The number of rotatable bonds is 4. The van der Waals surface area contributed by atoms with Crippen molar-refractivity contribution in [2.24, 2.45) is 0 Å². The topological polar surface area (TPSA) is 69.6 Å². The number of carbonyl (C=O) groups excluding carboxylic acids is 1. The monoisotopic (exact) mass is 296 g/mol. The van der Waals surface area contributed by atoms with Crippen LogP contribution in [0.2, 0.25) is 0 Å². The van der Waals surface area contributed by atoms with Crippen LogP contribution in [0.4, 0.5) is 11.4 Å². The minimum Gasteiger partial charge on any atom is -0.478 e. The van der Waals surface area contributed by atoms with E-state index in [0.717, 1.165) is 11.4 Å². The SMILES string of the molecule is O=C(O)c1ccc(NC2CCN(c3ccccc3)C2=O)cc1. The van der Waals surface area contributed by atoms with Crippen LogP contribution in [-0.2, 0) is 4.79 Å². The highest BCUT2D eigenvalue weighted by molar-refractivity contribution is 6.01. The Morgan fingerprint density at radius 1 is 1.09 bits per heavy atom. The average Bonchev–Trinajstić information content (AvgIpc) is 2.90. The number of nitrogens with one attached hydrogen (secondary N) is 1. The minimum absolute atomic E-state index is 0.0357. The number of hydrogen-bond acceptors (Lipinski definition) is 3. The zero-order valence-electron chi connectivity index (χ0n) is 11.9. The van der Waals surface area contributed by atoms with Gasteiger partial charge in [0.15, 0.2) is 0 Å². The fraction of sp³-hybridized carbons (Fsp3) is 0.176. The first kappa shape index (κ1) is 14.1. The second kappa shape index (κ2) is 5.89. The molecule has 0 spiro atoms. The summed E-state index contributed by atoms with van der Waals surface area (Å²) in [6.07, 6.45) is 0.717. The Bertz CT molecular complexity index is 683. The van der Waals surface area contributed by atoms with Gasteiger partial charge in [0, 0.05) is 17.9 Å². The van der Waals surface area contributed by atoms with E-state index in [1.807, 2.05) is 30.3 Å². The predicted octanol–water partition coefficient (Wildman–Crippen LogP) is 2.60. The van der Waals surface area contributed by atoms with Gasteiger partial charge in [0.05, 0.1) is 5.56 Å². The Morgan fingerprint density at radius 2 is 1.77 bits per heavy atom. The fourth-order valence-electron chi connectivity index (χ4n) is 2.59. The van der Waals surface area contributed by atoms with Crippen molar-refractivity contribution >= 4 is 23.3 Å². The molecule has 2 aromatic carbocycles. The molecule has 0 bridgehead atoms. The molecule has 1 fully saturated rings. The van der Waals surface area contributed by atoms with Crippen molar-refractivity contribution in [1.82, 2.24) is 0 Å². The van der Waals surface area contributed by atoms with Crippen molar-refractivity contribution in [1.29, 1.82) is 0 Å². The van der Waals surface area contributed by atoms with Gasteiger partial charge >= 0.3 is 5.97 Å². The van der Waals surface area contributed by atoms with Crippen LogP contribution in [0.25, 0.3) is 0 Å². The maximum atomic E-state index is 12.5. The molecule has 0 saturated carbocycles. The zero-order valence-corrected chi connectivity index (χ0v) is 11.9. The Labute approximate surface area is 128 Å². The van der Waals surface area contributed by atoms with Crippen molar-refractivity contribution in [3.63, 3.8) is 0 Å². The molecule has 112 valence electrons. The Hall–Kier alpha value is -2.82. The first-order valence-corrected chi connectivity index (χ1v) is 7.11. The van der Waals surface area contributed by atoms with E-state index in [1.165, 1.54) is 12.1 Å². The summed E-state index contributed by atoms with van der Waals surface area (Å²) < 4.78 is 0. The van der Waals surface area contributed by atoms with Crippen LogP contribution >= 0.6 is 0 Å². The molecule has 0 aromatic heterocycles. The molecule has 1 unspecified atom stereocenters. The summed E-state index contributed by atoms with van der Waals surface area (Å²) in [5.74, 6) is -0.924. The molecule has 0 aliphatic carbocycles. The van der Waals surface area contributed by atoms with E-state index < -0.39 is 5.97 Å². The van der Waals surface area contributed by atoms with Gasteiger partial charge in [-0.05, 0) is 42.8 Å². The second-order valence-electron chi connectivity index (χ2n) is 5.19. The molecule has 1 saturated heterocycles. The number of anilines is 2. The molecule has 1 aliphatic rings. The quantitative estimate of drug-likeness (QED) is 0.910. The van der Waals surface area contributed by atoms with Crippen molar-refractivity contribution in [2.75, 3.05) is 16.8 Å². The van der Waals surface area contributed by atoms with Gasteiger partial charge in [-0.3, -0.25) is 4.79 Å². The number of carbonyl (C=O) groups is 2. The van der Waals surface area contributed by atoms with E-state index >= 15 is 0 Å². The molecule has 2 aromatic rings. The van der Waals surface area contributed by atoms with E-state index in [0.29, 0.717) is 13.0 Å². The van der Waals surface area contributed by atoms with E-state index in [9.17, 15) is 9.59 Å². The highest BCUT2D eigenvalue weighted by Gasteiger charge is 2.32. The lowest BCUT2D eigenvalue weighted by atomic mass is 10.2. The maximum absolute atomic E-state index is 12.5. The van der Waals surface area contributed by atoms with Gasteiger partial charge in [-0.2, -0.15) is 0 Å². The summed E-state index contributed by atoms with van der Waals surface area (Å²) >= 11 is 0. The number of carboxylic acid groups (broad SMARTS) is 1. The number of hydrogen-bond donors (Lipinski definition) is 2. The van der Waals surface area contributed by atoms with Crippen LogP contribution in [0.1, 0.15) is 16.8 Å². The van der Waals surface area contributed by atoms with E-state index in [4.69, 9.17) is 5.11 Å². The highest BCUT2D eigenvalue weighted by atomic mass is 16.4. The van der Waals surface area contributed by atoms with E-state index in [-0.39, 0.29) is 17.5 Å². The number of amides is 1. The molecule has 1 amide bonds. The Morgan fingerprint density at radius 3 is 2.41 bits per heavy atom. The number of benzene rings is 2. The molecule has 5 nitrogen and oxygen atoms in total. The Balaban J connectivity index is 1.69. The van der Waals surface area contributed by atoms with Gasteiger partial charge in [0.2, 0.25) is 5.91 Å². The van der Waals surface area contributed by atoms with Crippen LogP contribution in [0.3, 0.4) is 0 Å². The Kier molecular flexibility index (Phi) is 3.78. The molecule has 22 heavy (non-hydrogen) atoms. The van der Waals surface area contributed by atoms with Crippen LogP contribution in [0.15, 0.2) is 54.6 Å². The summed E-state index contributed by atoms with van der Waals surface area (Å²) in [5.41, 5.74) is 1.88. The lowest BCUT2D eigenvalue weighted by Gasteiger charge is -2.17.